The number of hydrogen-bond donors (Lipinski definition) is 0. The van der Waals surface area contributed by atoms with Crippen molar-refractivity contribution in [3.05, 3.63) is 66.8 Å². The first-order valence-electron chi connectivity index (χ1n) is 10.8. The van der Waals surface area contributed by atoms with Crippen LogP contribution >= 0.6 is 34.4 Å². The number of para-hydroxylation sites is 1. The molecule has 2 amide bonds. The molecule has 0 saturated carbocycles. The van der Waals surface area contributed by atoms with Crippen molar-refractivity contribution < 1.29 is 32.3 Å². The number of rotatable bonds is 5. The SMILES string of the molecule is CCOC(=O)Cn1c2c(sc1=O)[C@H](c1cccs1)C1C(=O)N(c3ccccc3C(F)(F)F)C(=O)C1S2. The highest BCUT2D eigenvalue weighted by molar-refractivity contribution is 8.00. The highest BCUT2D eigenvalue weighted by Crippen LogP contribution is 2.55. The number of carbonyl (C=O) groups is 3. The number of nitrogens with zero attached hydrogens (tertiary/aromatic N) is 2. The molecule has 7 nitrogen and oxygen atoms in total. The first kappa shape index (κ1) is 24.8. The molecule has 0 radical (unpaired) electrons. The Morgan fingerprint density at radius 3 is 2.50 bits per heavy atom. The maximum absolute atomic E-state index is 13.7. The molecule has 13 heteroatoms. The van der Waals surface area contributed by atoms with E-state index in [-0.39, 0.29) is 13.2 Å². The zero-order chi connectivity index (χ0) is 25.8. The van der Waals surface area contributed by atoms with Crippen LogP contribution in [0.5, 0.6) is 0 Å². The Morgan fingerprint density at radius 1 is 1.08 bits per heavy atom. The van der Waals surface area contributed by atoms with Crippen LogP contribution in [0, 0.1) is 5.92 Å². The van der Waals surface area contributed by atoms with Crippen LogP contribution in [0.25, 0.3) is 0 Å². The number of alkyl halides is 3. The van der Waals surface area contributed by atoms with Crippen molar-refractivity contribution in [2.24, 2.45) is 5.92 Å². The van der Waals surface area contributed by atoms with Gasteiger partial charge in [-0.15, -0.1) is 11.3 Å². The third-order valence-corrected chi connectivity index (χ3v) is 9.50. The zero-order valence-corrected chi connectivity index (χ0v) is 20.9. The Morgan fingerprint density at radius 2 is 1.83 bits per heavy atom. The van der Waals surface area contributed by atoms with Crippen LogP contribution in [0.4, 0.5) is 18.9 Å². The molecule has 0 spiro atoms. The van der Waals surface area contributed by atoms with Gasteiger partial charge in [-0.3, -0.25) is 23.7 Å². The van der Waals surface area contributed by atoms with Crippen molar-refractivity contribution in [1.29, 1.82) is 0 Å². The van der Waals surface area contributed by atoms with Crippen LogP contribution in [-0.2, 0) is 31.8 Å². The lowest BCUT2D eigenvalue weighted by Gasteiger charge is -2.29. The van der Waals surface area contributed by atoms with Gasteiger partial charge in [-0.25, -0.2) is 4.90 Å². The van der Waals surface area contributed by atoms with Crippen LogP contribution in [0.1, 0.15) is 28.2 Å². The van der Waals surface area contributed by atoms with E-state index in [1.807, 2.05) is 0 Å². The topological polar surface area (TPSA) is 85.7 Å². The van der Waals surface area contributed by atoms with E-state index in [0.717, 1.165) is 35.2 Å². The van der Waals surface area contributed by atoms with Gasteiger partial charge in [0, 0.05) is 15.7 Å². The van der Waals surface area contributed by atoms with Crippen molar-refractivity contribution in [2.75, 3.05) is 11.5 Å². The van der Waals surface area contributed by atoms with E-state index in [1.165, 1.54) is 28.0 Å². The zero-order valence-electron chi connectivity index (χ0n) is 18.5. The summed E-state index contributed by atoms with van der Waals surface area (Å²) in [4.78, 5) is 53.6. The molecule has 2 aliphatic rings. The van der Waals surface area contributed by atoms with Crippen molar-refractivity contribution in [2.45, 2.75) is 35.8 Å². The lowest BCUT2D eigenvalue weighted by atomic mass is 9.87. The average Bonchev–Trinajstić information content (AvgIpc) is 3.51. The minimum Gasteiger partial charge on any atom is -0.465 e. The number of fused-ring (bicyclic) bond motifs is 2. The number of thiazole rings is 1. The Hall–Kier alpha value is -2.90. The Kier molecular flexibility index (Phi) is 6.33. The third-order valence-electron chi connectivity index (χ3n) is 5.94. The van der Waals surface area contributed by atoms with Gasteiger partial charge >= 0.3 is 17.0 Å². The third kappa shape index (κ3) is 3.98. The number of esters is 1. The van der Waals surface area contributed by atoms with E-state index in [2.05, 4.69) is 0 Å². The number of thiophene rings is 1. The quantitative estimate of drug-likeness (QED) is 0.345. The Balaban J connectivity index is 1.64. The van der Waals surface area contributed by atoms with Crippen LogP contribution in [0.2, 0.25) is 0 Å². The van der Waals surface area contributed by atoms with Gasteiger partial charge in [0.2, 0.25) is 11.8 Å². The van der Waals surface area contributed by atoms with Gasteiger partial charge in [0.1, 0.15) is 11.8 Å². The summed E-state index contributed by atoms with van der Waals surface area (Å²) in [6.45, 7) is 1.38. The fourth-order valence-corrected chi connectivity index (χ4v) is 8.23. The van der Waals surface area contributed by atoms with Crippen LogP contribution in [0.3, 0.4) is 0 Å². The van der Waals surface area contributed by atoms with Gasteiger partial charge in [-0.05, 0) is 30.5 Å². The number of anilines is 1. The molecule has 1 fully saturated rings. The Bertz CT molecular complexity index is 1410. The second kappa shape index (κ2) is 9.20. The first-order chi connectivity index (χ1) is 17.1. The molecular weight excluding hydrogens is 537 g/mol. The van der Waals surface area contributed by atoms with Gasteiger partial charge in [0.25, 0.3) is 0 Å². The minimum atomic E-state index is -4.77. The summed E-state index contributed by atoms with van der Waals surface area (Å²) in [5.41, 5.74) is -1.61. The molecule has 0 bridgehead atoms. The van der Waals surface area contributed by atoms with Gasteiger partial charge in [0.15, 0.2) is 0 Å². The van der Waals surface area contributed by atoms with E-state index in [1.54, 1.807) is 24.4 Å². The average molecular weight is 555 g/mol. The van der Waals surface area contributed by atoms with Gasteiger partial charge in [0.05, 0.1) is 28.8 Å². The number of ether oxygens (including phenoxy) is 1. The van der Waals surface area contributed by atoms with Crippen molar-refractivity contribution in [3.63, 3.8) is 0 Å². The summed E-state index contributed by atoms with van der Waals surface area (Å²) in [6.07, 6.45) is -4.77. The number of carbonyl (C=O) groups excluding carboxylic acids is 3. The molecule has 2 unspecified atom stereocenters. The summed E-state index contributed by atoms with van der Waals surface area (Å²) in [5, 5.41) is 1.06. The fourth-order valence-electron chi connectivity index (χ4n) is 4.51. The standard InChI is InChI=1S/C23H17F3N2O5S3/c1-2-33-14(29)10-27-21-18(36-22(27)32)15(13-8-5-9-34-13)16-17(35-21)20(31)28(19(16)30)12-7-4-3-6-11(12)23(24,25)26/h3-9,15-17H,2,10H2,1H3/t15-,16?,17?/m1/s1. The van der Waals surface area contributed by atoms with Gasteiger partial charge < -0.3 is 4.74 Å². The normalized spacial score (nSPS) is 21.4. The lowest BCUT2D eigenvalue weighted by molar-refractivity contribution is -0.144. The number of benzene rings is 1. The molecule has 5 rings (SSSR count). The van der Waals surface area contributed by atoms with Crippen LogP contribution < -0.4 is 9.77 Å². The number of imide groups is 1. The van der Waals surface area contributed by atoms with E-state index < -0.39 is 57.2 Å². The number of halogens is 3. The summed E-state index contributed by atoms with van der Waals surface area (Å²) in [5.74, 6) is -3.91. The minimum absolute atomic E-state index is 0.121. The second-order valence-electron chi connectivity index (χ2n) is 8.01. The summed E-state index contributed by atoms with van der Waals surface area (Å²) in [7, 11) is 0. The molecule has 3 aromatic rings. The summed E-state index contributed by atoms with van der Waals surface area (Å²) >= 11 is 3.12. The van der Waals surface area contributed by atoms with Crippen LogP contribution in [-0.4, -0.2) is 34.2 Å². The molecule has 2 aliphatic heterocycles. The number of hydrogen-bond acceptors (Lipinski definition) is 8. The number of aromatic nitrogens is 1. The Labute approximate surface area is 214 Å². The van der Waals surface area contributed by atoms with Gasteiger partial charge in [-0.2, -0.15) is 13.2 Å². The monoisotopic (exact) mass is 554 g/mol. The maximum Gasteiger partial charge on any atom is 0.418 e. The van der Waals surface area contributed by atoms with E-state index >= 15 is 0 Å². The highest BCUT2D eigenvalue weighted by Gasteiger charge is 2.58. The molecule has 0 N–H and O–H groups in total. The highest BCUT2D eigenvalue weighted by atomic mass is 32.2. The molecule has 188 valence electrons. The van der Waals surface area contributed by atoms with E-state index in [9.17, 15) is 32.3 Å². The molecule has 2 aromatic heterocycles. The molecule has 4 heterocycles. The number of amides is 2. The molecular formula is C23H17F3N2O5S3. The lowest BCUT2D eigenvalue weighted by Crippen LogP contribution is -2.33. The fraction of sp³-hybridized carbons (Fsp3) is 0.304. The molecule has 36 heavy (non-hydrogen) atoms. The van der Waals surface area contributed by atoms with Crippen molar-refractivity contribution in [3.8, 4) is 0 Å². The smallest absolute Gasteiger partial charge is 0.418 e. The van der Waals surface area contributed by atoms with Crippen molar-refractivity contribution >= 4 is 57.9 Å². The van der Waals surface area contributed by atoms with E-state index in [0.29, 0.717) is 19.7 Å². The van der Waals surface area contributed by atoms with Gasteiger partial charge in [-0.1, -0.05) is 41.3 Å². The maximum atomic E-state index is 13.7. The van der Waals surface area contributed by atoms with Crippen LogP contribution in [0.15, 0.2) is 51.6 Å². The predicted molar refractivity (Wildman–Crippen MR) is 128 cm³/mol. The summed E-state index contributed by atoms with van der Waals surface area (Å²) in [6, 6.07) is 7.98. The second-order valence-corrected chi connectivity index (χ2v) is 11.1. The molecule has 1 aromatic carbocycles. The largest absolute Gasteiger partial charge is 0.465 e. The molecule has 3 atom stereocenters. The first-order valence-corrected chi connectivity index (χ1v) is 13.3. The molecule has 0 aliphatic carbocycles. The van der Waals surface area contributed by atoms with Crippen molar-refractivity contribution in [1.82, 2.24) is 4.57 Å². The molecule has 1 saturated heterocycles. The number of thioether (sulfide) groups is 1. The van der Waals surface area contributed by atoms with E-state index in [4.69, 9.17) is 4.74 Å². The summed E-state index contributed by atoms with van der Waals surface area (Å²) < 4.78 is 47.4. The predicted octanol–water partition coefficient (Wildman–Crippen LogP) is 4.35.